The van der Waals surface area contributed by atoms with Gasteiger partial charge < -0.3 is 15.3 Å². The first-order valence-corrected chi connectivity index (χ1v) is 7.71. The van der Waals surface area contributed by atoms with E-state index in [0.29, 0.717) is 19.0 Å². The molecule has 2 N–H and O–H groups in total. The third kappa shape index (κ3) is 4.59. The molecule has 2 rings (SSSR count). The van der Waals surface area contributed by atoms with Crippen LogP contribution in [0.4, 0.5) is 22.4 Å². The summed E-state index contributed by atoms with van der Waals surface area (Å²) in [6, 6.07) is 1.82. The van der Waals surface area contributed by atoms with Crippen molar-refractivity contribution in [1.82, 2.24) is 10.2 Å². The number of hydrogen-bond donors (Lipinski definition) is 2. The Morgan fingerprint density at radius 3 is 2.67 bits per heavy atom. The fourth-order valence-corrected chi connectivity index (χ4v) is 2.94. The first-order valence-electron chi connectivity index (χ1n) is 7.71. The molecule has 1 fully saturated rings. The fourth-order valence-electron chi connectivity index (χ4n) is 2.94. The summed E-state index contributed by atoms with van der Waals surface area (Å²) in [5, 5.41) is 12.2. The molecule has 0 radical (unpaired) electrons. The first-order chi connectivity index (χ1) is 11.2. The Balaban J connectivity index is 1.96. The summed E-state index contributed by atoms with van der Waals surface area (Å²) in [5.41, 5.74) is -1.30. The number of rotatable bonds is 4. The van der Waals surface area contributed by atoms with Gasteiger partial charge in [-0.1, -0.05) is 12.5 Å². The number of halogens is 4. The molecule has 0 spiro atoms. The van der Waals surface area contributed by atoms with Crippen LogP contribution in [-0.2, 0) is 12.7 Å². The molecule has 0 heterocycles. The van der Waals surface area contributed by atoms with Crippen molar-refractivity contribution in [3.05, 3.63) is 35.1 Å². The summed E-state index contributed by atoms with van der Waals surface area (Å²) in [4.78, 5) is 13.4. The van der Waals surface area contributed by atoms with Crippen LogP contribution in [0.5, 0.6) is 0 Å². The highest BCUT2D eigenvalue weighted by atomic mass is 19.4. The normalized spacial score (nSPS) is 20.9. The standard InChI is InChI=1S/C16H20F4N2O2/c1-22(9-11-3-2-4-14(11)23)15(24)21-8-10-5-6-12(17)7-13(10)16(18,19)20/h5-7,11,14,23H,2-4,8-9H2,1H3,(H,21,24). The zero-order chi connectivity index (χ0) is 17.9. The molecule has 2 atom stereocenters. The van der Waals surface area contributed by atoms with Gasteiger partial charge >= 0.3 is 12.2 Å². The topological polar surface area (TPSA) is 52.6 Å². The van der Waals surface area contributed by atoms with E-state index in [-0.39, 0.29) is 18.0 Å². The summed E-state index contributed by atoms with van der Waals surface area (Å²) in [6.45, 7) is -0.0198. The molecule has 2 unspecified atom stereocenters. The van der Waals surface area contributed by atoms with Crippen molar-refractivity contribution in [3.8, 4) is 0 Å². The predicted octanol–water partition coefficient (Wildman–Crippen LogP) is 3.15. The number of alkyl halides is 3. The largest absolute Gasteiger partial charge is 0.416 e. The quantitative estimate of drug-likeness (QED) is 0.822. The first kappa shape index (κ1) is 18.5. The number of hydrogen-bond acceptors (Lipinski definition) is 2. The van der Waals surface area contributed by atoms with Crippen molar-refractivity contribution in [2.45, 2.75) is 38.1 Å². The summed E-state index contributed by atoms with van der Waals surface area (Å²) >= 11 is 0. The lowest BCUT2D eigenvalue weighted by Gasteiger charge is -2.24. The minimum absolute atomic E-state index is 0.0164. The predicted molar refractivity (Wildman–Crippen MR) is 79.6 cm³/mol. The molecule has 1 aliphatic carbocycles. The molecule has 1 saturated carbocycles. The second-order valence-electron chi connectivity index (χ2n) is 6.10. The van der Waals surface area contributed by atoms with Crippen molar-refractivity contribution < 1.29 is 27.5 Å². The van der Waals surface area contributed by atoms with Gasteiger partial charge in [-0.15, -0.1) is 0 Å². The number of aliphatic hydroxyl groups excluding tert-OH is 1. The molecule has 4 nitrogen and oxygen atoms in total. The molecule has 1 aromatic rings. The molecule has 2 amide bonds. The number of urea groups is 1. The lowest BCUT2D eigenvalue weighted by atomic mass is 10.1. The Bertz CT molecular complexity index is 592. The van der Waals surface area contributed by atoms with Gasteiger partial charge in [0.05, 0.1) is 11.7 Å². The number of nitrogens with zero attached hydrogens (tertiary/aromatic N) is 1. The third-order valence-corrected chi connectivity index (χ3v) is 4.28. The third-order valence-electron chi connectivity index (χ3n) is 4.28. The van der Waals surface area contributed by atoms with E-state index in [1.165, 1.54) is 11.9 Å². The highest BCUT2D eigenvalue weighted by Gasteiger charge is 2.34. The van der Waals surface area contributed by atoms with Gasteiger partial charge in [0.1, 0.15) is 5.82 Å². The van der Waals surface area contributed by atoms with Crippen LogP contribution in [0, 0.1) is 11.7 Å². The second-order valence-corrected chi connectivity index (χ2v) is 6.10. The van der Waals surface area contributed by atoms with Crippen LogP contribution >= 0.6 is 0 Å². The molecule has 0 aromatic heterocycles. The van der Waals surface area contributed by atoms with Crippen LogP contribution in [0.1, 0.15) is 30.4 Å². The van der Waals surface area contributed by atoms with Crippen molar-refractivity contribution in [3.63, 3.8) is 0 Å². The molecule has 1 aromatic carbocycles. The fraction of sp³-hybridized carbons (Fsp3) is 0.562. The summed E-state index contributed by atoms with van der Waals surface area (Å²) in [6.07, 6.45) is -2.73. The second kappa shape index (κ2) is 7.38. The van der Waals surface area contributed by atoms with Crippen molar-refractivity contribution in [1.29, 1.82) is 0 Å². The number of amides is 2. The maximum absolute atomic E-state index is 13.0. The Morgan fingerprint density at radius 1 is 1.38 bits per heavy atom. The van der Waals surface area contributed by atoms with E-state index in [1.54, 1.807) is 0 Å². The molecule has 8 heteroatoms. The molecule has 0 saturated heterocycles. The lowest BCUT2D eigenvalue weighted by molar-refractivity contribution is -0.138. The average Bonchev–Trinajstić information content (AvgIpc) is 2.89. The molecule has 24 heavy (non-hydrogen) atoms. The lowest BCUT2D eigenvalue weighted by Crippen LogP contribution is -2.41. The molecule has 1 aliphatic rings. The smallest absolute Gasteiger partial charge is 0.393 e. The van der Waals surface area contributed by atoms with Gasteiger partial charge in [-0.05, 0) is 30.5 Å². The SMILES string of the molecule is CN(CC1CCCC1O)C(=O)NCc1ccc(F)cc1C(F)(F)F. The Kier molecular flexibility index (Phi) is 5.69. The van der Waals surface area contributed by atoms with E-state index in [4.69, 9.17) is 0 Å². The van der Waals surface area contributed by atoms with Crippen LogP contribution in [0.2, 0.25) is 0 Å². The zero-order valence-electron chi connectivity index (χ0n) is 13.2. The number of benzene rings is 1. The summed E-state index contributed by atoms with van der Waals surface area (Å²) in [5.74, 6) is -0.998. The Morgan fingerprint density at radius 2 is 2.08 bits per heavy atom. The Labute approximate surface area is 137 Å². The number of carbonyl (C=O) groups excluding carboxylic acids is 1. The van der Waals surface area contributed by atoms with Crippen molar-refractivity contribution >= 4 is 6.03 Å². The van der Waals surface area contributed by atoms with Crippen LogP contribution in [0.3, 0.4) is 0 Å². The maximum Gasteiger partial charge on any atom is 0.416 e. The van der Waals surface area contributed by atoms with Crippen LogP contribution in [0.25, 0.3) is 0 Å². The van der Waals surface area contributed by atoms with E-state index < -0.39 is 29.7 Å². The van der Waals surface area contributed by atoms with Crippen molar-refractivity contribution in [2.75, 3.05) is 13.6 Å². The van der Waals surface area contributed by atoms with Crippen molar-refractivity contribution in [2.24, 2.45) is 5.92 Å². The van der Waals surface area contributed by atoms with Gasteiger partial charge in [-0.2, -0.15) is 13.2 Å². The Hall–Kier alpha value is -1.83. The maximum atomic E-state index is 13.0. The van der Waals surface area contributed by atoms with E-state index >= 15 is 0 Å². The van der Waals surface area contributed by atoms with Gasteiger partial charge in [0.25, 0.3) is 0 Å². The summed E-state index contributed by atoms with van der Waals surface area (Å²) in [7, 11) is 1.52. The highest BCUT2D eigenvalue weighted by molar-refractivity contribution is 5.73. The average molecular weight is 348 g/mol. The van der Waals surface area contributed by atoms with Gasteiger partial charge in [0.15, 0.2) is 0 Å². The van der Waals surface area contributed by atoms with Gasteiger partial charge in [-0.25, -0.2) is 9.18 Å². The number of nitrogens with one attached hydrogen (secondary N) is 1. The molecular weight excluding hydrogens is 328 g/mol. The number of aliphatic hydroxyl groups is 1. The van der Waals surface area contributed by atoms with Crippen LogP contribution < -0.4 is 5.32 Å². The molecule has 0 bridgehead atoms. The molecule has 0 aliphatic heterocycles. The summed E-state index contributed by atoms with van der Waals surface area (Å²) < 4.78 is 51.8. The minimum Gasteiger partial charge on any atom is -0.393 e. The van der Waals surface area contributed by atoms with E-state index in [0.717, 1.165) is 25.0 Å². The van der Waals surface area contributed by atoms with E-state index in [9.17, 15) is 27.5 Å². The number of carbonyl (C=O) groups is 1. The minimum atomic E-state index is -4.69. The molecular formula is C16H20F4N2O2. The monoisotopic (exact) mass is 348 g/mol. The van der Waals surface area contributed by atoms with Crippen LogP contribution in [0.15, 0.2) is 18.2 Å². The molecule has 134 valence electrons. The van der Waals surface area contributed by atoms with Gasteiger partial charge in [0.2, 0.25) is 0 Å². The van der Waals surface area contributed by atoms with E-state index in [2.05, 4.69) is 5.32 Å². The van der Waals surface area contributed by atoms with Gasteiger partial charge in [0, 0.05) is 26.1 Å². The highest BCUT2D eigenvalue weighted by Crippen LogP contribution is 2.32. The van der Waals surface area contributed by atoms with E-state index in [1.807, 2.05) is 0 Å². The van der Waals surface area contributed by atoms with Crippen LogP contribution in [-0.4, -0.2) is 35.7 Å². The zero-order valence-corrected chi connectivity index (χ0v) is 13.2. The van der Waals surface area contributed by atoms with Gasteiger partial charge in [-0.3, -0.25) is 0 Å².